The van der Waals surface area contributed by atoms with E-state index in [2.05, 4.69) is 20.6 Å². The predicted molar refractivity (Wildman–Crippen MR) is 152 cm³/mol. The van der Waals surface area contributed by atoms with Gasteiger partial charge in [0.1, 0.15) is 23.3 Å². The van der Waals surface area contributed by atoms with Crippen molar-refractivity contribution in [1.29, 1.82) is 0 Å². The number of fused-ring (bicyclic) bond motifs is 1. The molecule has 0 radical (unpaired) electrons. The van der Waals surface area contributed by atoms with Gasteiger partial charge in [0.25, 0.3) is 5.91 Å². The Morgan fingerprint density at radius 3 is 2.51 bits per heavy atom. The zero-order valence-electron chi connectivity index (χ0n) is 24.1. The van der Waals surface area contributed by atoms with Crippen LogP contribution in [0.25, 0.3) is 10.9 Å². The Balaban J connectivity index is 1.77. The van der Waals surface area contributed by atoms with Gasteiger partial charge in [0.2, 0.25) is 0 Å². The molecule has 1 fully saturated rings. The lowest BCUT2D eigenvalue weighted by atomic mass is 9.81. The monoisotopic (exact) mass is 582 g/mol. The van der Waals surface area contributed by atoms with Crippen LogP contribution in [-0.2, 0) is 11.0 Å². The van der Waals surface area contributed by atoms with E-state index in [9.17, 15) is 31.9 Å². The van der Waals surface area contributed by atoms with Gasteiger partial charge in [-0.15, -0.1) is 0 Å². The maximum absolute atomic E-state index is 14.3. The second-order valence-electron chi connectivity index (χ2n) is 11.4. The number of anilines is 1. The van der Waals surface area contributed by atoms with Gasteiger partial charge in [0.05, 0.1) is 16.8 Å². The van der Waals surface area contributed by atoms with E-state index in [1.54, 1.807) is 0 Å². The maximum Gasteiger partial charge on any atom is 0.433 e. The summed E-state index contributed by atoms with van der Waals surface area (Å²) in [6, 6.07) is 4.45. The molecule has 0 spiro atoms. The molecule has 1 saturated carbocycles. The summed E-state index contributed by atoms with van der Waals surface area (Å²) in [6.07, 6.45) is -1.39. The molecule has 1 heterocycles. The topological polar surface area (TPSA) is 86.6 Å². The minimum Gasteiger partial charge on any atom is -0.508 e. The van der Waals surface area contributed by atoms with Crippen molar-refractivity contribution in [3.63, 3.8) is 0 Å². The number of phenolic OH excluding ortho intramolecular Hbond substituents is 1. The van der Waals surface area contributed by atoms with Gasteiger partial charge in [-0.25, -0.2) is 13.8 Å². The van der Waals surface area contributed by atoms with Gasteiger partial charge in [-0.2, -0.15) is 13.2 Å². The molecule has 1 aliphatic rings. The Hall–Kier alpha value is -3.24. The molecule has 1 aromatic heterocycles. The second-order valence-corrected chi connectivity index (χ2v) is 11.4. The number of allylic oxidation sites excluding steroid dienone is 1. The summed E-state index contributed by atoms with van der Waals surface area (Å²) in [5.41, 5.74) is -2.08. The normalized spacial score (nSPS) is 20.5. The van der Waals surface area contributed by atoms with E-state index in [4.69, 9.17) is 0 Å². The van der Waals surface area contributed by atoms with Crippen LogP contribution in [-0.4, -0.2) is 52.7 Å². The van der Waals surface area contributed by atoms with E-state index >= 15 is 0 Å². The summed E-state index contributed by atoms with van der Waals surface area (Å²) in [4.78, 5) is 20.9. The number of aromatic hydroxyl groups is 1. The average molecular weight is 583 g/mol. The first-order valence-corrected chi connectivity index (χ1v) is 13.9. The van der Waals surface area contributed by atoms with Crippen molar-refractivity contribution in [1.82, 2.24) is 10.3 Å². The molecule has 4 atom stereocenters. The van der Waals surface area contributed by atoms with Crippen LogP contribution in [0.4, 0.5) is 27.6 Å². The molecule has 11 heteroatoms. The standard InChI is InChI=1S/C30H39F5N4O2/c1-17(31)27(36-5)22(10-7-13-29(3,4)32)28(41)37-18(2)19-8-6-9-20(14-19)38-25-16-26(30(33,34)35)39-24-12-11-21(40)15-23(24)25/h10-12,15-20,40H,6-9,13-14H2,1-5H3,(H,37,41)(H,38,39)/b22-10+,36-27?/t17?,18?,19?,20-/m0/s1. The quantitative estimate of drug-likeness (QED) is 0.156. The van der Waals surface area contributed by atoms with Gasteiger partial charge < -0.3 is 15.7 Å². The van der Waals surface area contributed by atoms with Crippen LogP contribution >= 0.6 is 0 Å². The van der Waals surface area contributed by atoms with Crippen molar-refractivity contribution in [3.05, 3.63) is 41.6 Å². The van der Waals surface area contributed by atoms with Crippen LogP contribution in [0, 0.1) is 5.92 Å². The second kappa shape index (κ2) is 13.2. The smallest absolute Gasteiger partial charge is 0.433 e. The number of benzene rings is 1. The molecular formula is C30H39F5N4O2. The molecule has 41 heavy (non-hydrogen) atoms. The molecule has 3 N–H and O–H groups in total. The van der Waals surface area contributed by atoms with Gasteiger partial charge in [0, 0.05) is 30.2 Å². The number of aliphatic imine (C=N–C) groups is 1. The van der Waals surface area contributed by atoms with Crippen molar-refractivity contribution >= 4 is 28.2 Å². The van der Waals surface area contributed by atoms with Crippen molar-refractivity contribution < 1.29 is 31.9 Å². The molecule has 3 unspecified atom stereocenters. The number of rotatable bonds is 10. The van der Waals surface area contributed by atoms with E-state index in [0.29, 0.717) is 18.2 Å². The number of amides is 1. The SMILES string of the molecule is CN=C(/C(=C\CCC(C)(C)F)C(=O)NC(C)C1CCC[C@H](Nc2cc(C(F)(F)F)nc3ccc(O)cc23)C1)C(C)F. The highest BCUT2D eigenvalue weighted by atomic mass is 19.4. The highest BCUT2D eigenvalue weighted by Crippen LogP contribution is 2.36. The third-order valence-corrected chi connectivity index (χ3v) is 7.45. The van der Waals surface area contributed by atoms with Crippen LogP contribution in [0.15, 0.2) is 40.9 Å². The van der Waals surface area contributed by atoms with Crippen molar-refractivity contribution in [3.8, 4) is 5.75 Å². The van der Waals surface area contributed by atoms with Crippen LogP contribution in [0.3, 0.4) is 0 Å². The summed E-state index contributed by atoms with van der Waals surface area (Å²) in [5, 5.41) is 16.5. The fourth-order valence-electron chi connectivity index (χ4n) is 5.30. The lowest BCUT2D eigenvalue weighted by molar-refractivity contribution is -0.140. The van der Waals surface area contributed by atoms with E-state index in [-0.39, 0.29) is 59.1 Å². The number of phenols is 1. The lowest BCUT2D eigenvalue weighted by Gasteiger charge is -2.34. The lowest BCUT2D eigenvalue weighted by Crippen LogP contribution is -2.43. The van der Waals surface area contributed by atoms with E-state index in [0.717, 1.165) is 18.9 Å². The third-order valence-electron chi connectivity index (χ3n) is 7.45. The summed E-state index contributed by atoms with van der Waals surface area (Å²) in [7, 11) is 1.40. The summed E-state index contributed by atoms with van der Waals surface area (Å²) in [6.45, 7) is 6.00. The van der Waals surface area contributed by atoms with E-state index < -0.39 is 29.6 Å². The fraction of sp³-hybridized carbons (Fsp3) is 0.567. The first kappa shape index (κ1) is 32.3. The Morgan fingerprint density at radius 1 is 1.20 bits per heavy atom. The van der Waals surface area contributed by atoms with Crippen LogP contribution in [0.5, 0.6) is 5.75 Å². The number of nitrogens with one attached hydrogen (secondary N) is 2. The number of hydrogen-bond donors (Lipinski definition) is 3. The Bertz CT molecular complexity index is 1280. The third kappa shape index (κ3) is 8.87. The first-order chi connectivity index (χ1) is 19.1. The predicted octanol–water partition coefficient (Wildman–Crippen LogP) is 7.32. The molecule has 1 aromatic carbocycles. The molecular weight excluding hydrogens is 543 g/mol. The van der Waals surface area contributed by atoms with Gasteiger partial charge in [-0.3, -0.25) is 9.79 Å². The van der Waals surface area contributed by atoms with E-state index in [1.807, 2.05) is 6.92 Å². The van der Waals surface area contributed by atoms with Gasteiger partial charge in [-0.1, -0.05) is 12.5 Å². The van der Waals surface area contributed by atoms with Gasteiger partial charge in [0.15, 0.2) is 0 Å². The number of nitrogens with zero attached hydrogens (tertiary/aromatic N) is 2. The molecule has 3 rings (SSSR count). The molecule has 0 bridgehead atoms. The summed E-state index contributed by atoms with van der Waals surface area (Å²) in [5.74, 6) is -0.596. The number of alkyl halides is 5. The zero-order chi connectivity index (χ0) is 30.5. The van der Waals surface area contributed by atoms with E-state index in [1.165, 1.54) is 52.1 Å². The Labute approximate surface area is 237 Å². The Morgan fingerprint density at radius 2 is 1.90 bits per heavy atom. The largest absolute Gasteiger partial charge is 0.508 e. The number of halogens is 5. The average Bonchev–Trinajstić information content (AvgIpc) is 2.87. The molecule has 226 valence electrons. The van der Waals surface area contributed by atoms with Crippen LogP contribution in [0.1, 0.15) is 71.9 Å². The minimum absolute atomic E-state index is 0.00960. The summed E-state index contributed by atoms with van der Waals surface area (Å²) < 4.78 is 68.9. The summed E-state index contributed by atoms with van der Waals surface area (Å²) >= 11 is 0. The van der Waals surface area contributed by atoms with Crippen LogP contribution < -0.4 is 10.6 Å². The van der Waals surface area contributed by atoms with Crippen molar-refractivity contribution in [2.75, 3.05) is 12.4 Å². The molecule has 6 nitrogen and oxygen atoms in total. The number of pyridine rings is 1. The number of carbonyl (C=O) groups is 1. The van der Waals surface area contributed by atoms with Gasteiger partial charge in [-0.05, 0) is 90.0 Å². The Kier molecular flexibility index (Phi) is 10.4. The number of carbonyl (C=O) groups excluding carboxylic acids is 1. The van der Waals surface area contributed by atoms with Crippen LogP contribution in [0.2, 0.25) is 0 Å². The zero-order valence-corrected chi connectivity index (χ0v) is 24.1. The molecule has 1 aliphatic carbocycles. The van der Waals surface area contributed by atoms with Gasteiger partial charge >= 0.3 is 6.18 Å². The highest BCUT2D eigenvalue weighted by Gasteiger charge is 2.34. The molecule has 0 saturated heterocycles. The highest BCUT2D eigenvalue weighted by molar-refractivity contribution is 6.23. The number of aromatic nitrogens is 1. The van der Waals surface area contributed by atoms with Crippen molar-refractivity contribution in [2.24, 2.45) is 10.9 Å². The number of hydrogen-bond acceptors (Lipinski definition) is 5. The first-order valence-electron chi connectivity index (χ1n) is 13.9. The fourth-order valence-corrected chi connectivity index (χ4v) is 5.30. The molecule has 2 aromatic rings. The maximum atomic E-state index is 14.3. The molecule has 1 amide bonds. The molecule has 0 aliphatic heterocycles. The minimum atomic E-state index is -4.64. The van der Waals surface area contributed by atoms with Crippen molar-refractivity contribution in [2.45, 2.75) is 96.3 Å².